The molecule has 0 aromatic heterocycles. The van der Waals surface area contributed by atoms with Crippen LogP contribution in [0.5, 0.6) is 0 Å². The lowest BCUT2D eigenvalue weighted by molar-refractivity contribution is -0.138. The van der Waals surface area contributed by atoms with Gasteiger partial charge < -0.3 is 20.6 Å². The summed E-state index contributed by atoms with van der Waals surface area (Å²) in [6.07, 6.45) is 1.05. The number of benzene rings is 2. The van der Waals surface area contributed by atoms with Crippen LogP contribution < -0.4 is 10.6 Å². The third-order valence-corrected chi connectivity index (χ3v) is 5.01. The average Bonchev–Trinajstić information content (AvgIpc) is 2.75. The van der Waals surface area contributed by atoms with Crippen molar-refractivity contribution in [2.24, 2.45) is 0 Å². The van der Waals surface area contributed by atoms with Crippen LogP contribution >= 0.6 is 0 Å². The first-order valence-electron chi connectivity index (χ1n) is 9.70. The van der Waals surface area contributed by atoms with Crippen molar-refractivity contribution < 1.29 is 24.3 Å². The van der Waals surface area contributed by atoms with Crippen molar-refractivity contribution in [3.63, 3.8) is 0 Å². The number of aliphatic carboxylic acids is 1. The van der Waals surface area contributed by atoms with Gasteiger partial charge in [0.15, 0.2) is 11.8 Å². The zero-order chi connectivity index (χ0) is 22.5. The van der Waals surface area contributed by atoms with Gasteiger partial charge in [0, 0.05) is 18.8 Å². The van der Waals surface area contributed by atoms with Gasteiger partial charge in [-0.3, -0.25) is 14.4 Å². The van der Waals surface area contributed by atoms with E-state index in [0.717, 1.165) is 11.1 Å². The molecule has 0 fully saturated rings. The summed E-state index contributed by atoms with van der Waals surface area (Å²) in [6, 6.07) is 13.9. The van der Waals surface area contributed by atoms with Gasteiger partial charge in [0.05, 0.1) is 12.5 Å². The summed E-state index contributed by atoms with van der Waals surface area (Å²) >= 11 is 0. The van der Waals surface area contributed by atoms with Crippen molar-refractivity contribution >= 4 is 23.7 Å². The number of amides is 3. The number of carbonyl (C=O) groups is 4. The predicted octanol–water partition coefficient (Wildman–Crippen LogP) is 2.48. The number of urea groups is 1. The van der Waals surface area contributed by atoms with Gasteiger partial charge in [0.2, 0.25) is 0 Å². The Labute approximate surface area is 179 Å². The molecule has 3 rings (SSSR count). The molecule has 0 aliphatic carbocycles. The summed E-state index contributed by atoms with van der Waals surface area (Å²) in [7, 11) is 1.49. The van der Waals surface area contributed by atoms with Gasteiger partial charge in [-0.15, -0.1) is 0 Å². The van der Waals surface area contributed by atoms with Gasteiger partial charge in [0.1, 0.15) is 0 Å². The van der Waals surface area contributed by atoms with Crippen molar-refractivity contribution in [1.82, 2.24) is 15.5 Å². The second-order valence-corrected chi connectivity index (χ2v) is 7.31. The lowest BCUT2D eigenvalue weighted by atomic mass is 9.99. The summed E-state index contributed by atoms with van der Waals surface area (Å²) in [6.45, 7) is 1.55. The van der Waals surface area contributed by atoms with Crippen LogP contribution in [0.1, 0.15) is 24.9 Å². The molecule has 3 amide bonds. The second-order valence-electron chi connectivity index (χ2n) is 7.31. The van der Waals surface area contributed by atoms with E-state index in [2.05, 4.69) is 10.6 Å². The monoisotopic (exact) mass is 421 g/mol. The fourth-order valence-corrected chi connectivity index (χ4v) is 3.38. The van der Waals surface area contributed by atoms with Crippen molar-refractivity contribution in [2.75, 3.05) is 7.05 Å². The Balaban J connectivity index is 1.75. The first-order chi connectivity index (χ1) is 14.8. The molecule has 8 nitrogen and oxygen atoms in total. The van der Waals surface area contributed by atoms with Crippen LogP contribution in [0.4, 0.5) is 4.79 Å². The highest BCUT2D eigenvalue weighted by Crippen LogP contribution is 2.23. The lowest BCUT2D eigenvalue weighted by Gasteiger charge is -2.27. The second kappa shape index (κ2) is 9.25. The number of nitrogens with one attached hydrogen (secondary N) is 2. The molecule has 2 atom stereocenters. The van der Waals surface area contributed by atoms with Gasteiger partial charge in [-0.2, -0.15) is 0 Å². The highest BCUT2D eigenvalue weighted by molar-refractivity contribution is 6.16. The van der Waals surface area contributed by atoms with Crippen LogP contribution in [0.3, 0.4) is 0 Å². The first-order valence-corrected chi connectivity index (χ1v) is 9.70. The van der Waals surface area contributed by atoms with E-state index >= 15 is 0 Å². The smallest absolute Gasteiger partial charge is 0.316 e. The van der Waals surface area contributed by atoms with Gasteiger partial charge >= 0.3 is 12.0 Å². The molecule has 31 heavy (non-hydrogen) atoms. The van der Waals surface area contributed by atoms with Gasteiger partial charge in [-0.1, -0.05) is 54.6 Å². The van der Waals surface area contributed by atoms with Gasteiger partial charge in [-0.05, 0) is 23.6 Å². The molecule has 0 saturated carbocycles. The maximum Gasteiger partial charge on any atom is 0.316 e. The molecule has 3 N–H and O–H groups in total. The quantitative estimate of drug-likeness (QED) is 0.620. The molecule has 160 valence electrons. The molecular formula is C23H23N3O5. The number of carbonyl (C=O) groups excluding carboxylic acids is 3. The fraction of sp³-hybridized carbons (Fsp3) is 0.217. The van der Waals surface area contributed by atoms with Crippen LogP contribution in [0.25, 0.3) is 11.1 Å². The molecule has 8 heteroatoms. The maximum atomic E-state index is 12.5. The topological polar surface area (TPSA) is 116 Å². The Morgan fingerprint density at radius 3 is 2.26 bits per heavy atom. The average molecular weight is 421 g/mol. The van der Waals surface area contributed by atoms with E-state index in [4.69, 9.17) is 0 Å². The number of hydrogen-bond donors (Lipinski definition) is 3. The SMILES string of the molecule is CC1=CN(C)C(=O)C(NC(=O)N[C@@H](CC(=O)O)c2ccc(-c3ccccc3)cc2)C1=O. The summed E-state index contributed by atoms with van der Waals surface area (Å²) in [5.41, 5.74) is 2.89. The Hall–Kier alpha value is -3.94. The number of nitrogens with zero attached hydrogens (tertiary/aromatic N) is 1. The third-order valence-electron chi connectivity index (χ3n) is 5.01. The molecule has 2 aromatic rings. The Morgan fingerprint density at radius 1 is 1.03 bits per heavy atom. The zero-order valence-corrected chi connectivity index (χ0v) is 17.2. The largest absolute Gasteiger partial charge is 0.481 e. The summed E-state index contributed by atoms with van der Waals surface area (Å²) in [5.74, 6) is -2.16. The minimum atomic E-state index is -1.35. The molecule has 0 spiro atoms. The molecule has 2 aromatic carbocycles. The van der Waals surface area contributed by atoms with Gasteiger partial charge in [-0.25, -0.2) is 4.79 Å². The third kappa shape index (κ3) is 5.16. The number of carboxylic acid groups (broad SMARTS) is 1. The molecule has 1 aliphatic rings. The minimum absolute atomic E-state index is 0.339. The normalized spacial score (nSPS) is 17.0. The highest BCUT2D eigenvalue weighted by atomic mass is 16.4. The number of likely N-dealkylation sites (N-methyl/N-ethyl adjacent to an activating group) is 1. The van der Waals surface area contributed by atoms with Crippen LogP contribution in [0, 0.1) is 0 Å². The standard InChI is InChI=1S/C23H23N3O5/c1-14-13-26(2)22(30)20(21(14)29)25-23(31)24-18(12-19(27)28)17-10-8-16(9-11-17)15-6-4-3-5-7-15/h3-11,13,18,20H,12H2,1-2H3,(H,27,28)(H2,24,25,31)/t18-,20?/m0/s1. The number of ketones is 1. The van der Waals surface area contributed by atoms with Crippen LogP contribution in [-0.4, -0.2) is 46.8 Å². The van der Waals surface area contributed by atoms with E-state index in [1.54, 1.807) is 19.1 Å². The zero-order valence-electron chi connectivity index (χ0n) is 17.2. The maximum absolute atomic E-state index is 12.5. The first kappa shape index (κ1) is 21.8. The molecular weight excluding hydrogens is 398 g/mol. The molecule has 1 aliphatic heterocycles. The van der Waals surface area contributed by atoms with E-state index in [1.165, 1.54) is 18.1 Å². The van der Waals surface area contributed by atoms with Crippen molar-refractivity contribution in [3.05, 3.63) is 71.9 Å². The van der Waals surface area contributed by atoms with Crippen molar-refractivity contribution in [1.29, 1.82) is 0 Å². The van der Waals surface area contributed by atoms with E-state index in [1.807, 2.05) is 42.5 Å². The Bertz CT molecular complexity index is 1030. The number of carboxylic acids is 1. The van der Waals surface area contributed by atoms with Crippen LogP contribution in [-0.2, 0) is 14.4 Å². The van der Waals surface area contributed by atoms with Crippen LogP contribution in [0.15, 0.2) is 66.4 Å². The predicted molar refractivity (Wildman–Crippen MR) is 114 cm³/mol. The summed E-state index contributed by atoms with van der Waals surface area (Å²) in [5, 5.41) is 14.2. The highest BCUT2D eigenvalue weighted by Gasteiger charge is 2.35. The van der Waals surface area contributed by atoms with E-state index in [9.17, 15) is 24.3 Å². The number of rotatable bonds is 6. The van der Waals surface area contributed by atoms with E-state index < -0.39 is 35.8 Å². The summed E-state index contributed by atoms with van der Waals surface area (Å²) < 4.78 is 0. The van der Waals surface area contributed by atoms with Crippen molar-refractivity contribution in [3.8, 4) is 11.1 Å². The van der Waals surface area contributed by atoms with Crippen LogP contribution in [0.2, 0.25) is 0 Å². The summed E-state index contributed by atoms with van der Waals surface area (Å²) in [4.78, 5) is 49.6. The molecule has 0 bridgehead atoms. The van der Waals surface area contributed by atoms with Crippen molar-refractivity contribution in [2.45, 2.75) is 25.4 Å². The van der Waals surface area contributed by atoms with Gasteiger partial charge in [0.25, 0.3) is 5.91 Å². The Kier molecular flexibility index (Phi) is 6.49. The Morgan fingerprint density at radius 2 is 1.65 bits per heavy atom. The molecule has 1 heterocycles. The lowest BCUT2D eigenvalue weighted by Crippen LogP contribution is -2.56. The van der Waals surface area contributed by atoms with E-state index in [-0.39, 0.29) is 6.42 Å². The minimum Gasteiger partial charge on any atom is -0.481 e. The fourth-order valence-electron chi connectivity index (χ4n) is 3.38. The molecule has 0 radical (unpaired) electrons. The molecule has 0 saturated heterocycles. The number of Topliss-reactive ketones (excluding diaryl/α,β-unsaturated/α-hetero) is 1. The molecule has 1 unspecified atom stereocenters. The number of hydrogen-bond acceptors (Lipinski definition) is 4. The van der Waals surface area contributed by atoms with E-state index in [0.29, 0.717) is 11.1 Å².